The Hall–Kier alpha value is -5.41. The van der Waals surface area contributed by atoms with E-state index >= 15 is 0 Å². The van der Waals surface area contributed by atoms with Crippen molar-refractivity contribution < 1.29 is 67.0 Å². The topological polar surface area (TPSA) is 193 Å². The van der Waals surface area contributed by atoms with Gasteiger partial charge in [0.05, 0.1) is 71.6 Å². The van der Waals surface area contributed by atoms with Crippen LogP contribution in [0.15, 0.2) is 60.7 Å². The fraction of sp³-hybridized carbons (Fsp3) is 0.478. The number of carboxylic acid groups (broad SMARTS) is 4. The van der Waals surface area contributed by atoms with Crippen LogP contribution in [0.3, 0.4) is 0 Å². The molecule has 0 unspecified atom stereocenters. The third kappa shape index (κ3) is 16.2. The van der Waals surface area contributed by atoms with Gasteiger partial charge in [-0.3, -0.25) is 43.7 Å². The molecule has 19 heteroatoms. The number of piperidine rings is 1. The SMILES string of the molecule is Cc1c(/C=C/c2cc(OCCOCCOCCN3CN(CC(=O)O)CCN(CC(=O)O)CN(CC(=O)O)C3)c(CN3CCCC[C@H]3C(=O)O)cc2C(F)(F)F)cccc1-c1ccccc1. The highest BCUT2D eigenvalue weighted by Crippen LogP contribution is 2.38. The molecule has 5 rings (SSSR count). The normalized spacial score (nSPS) is 17.7. The van der Waals surface area contributed by atoms with Crippen molar-refractivity contribution in [2.24, 2.45) is 0 Å². The van der Waals surface area contributed by atoms with Crippen molar-refractivity contribution in [3.63, 3.8) is 0 Å². The standard InChI is InChI=1S/C46H58F3N5O11/c1-33-34(10-7-11-38(33)35-8-3-2-4-9-35)13-14-36-25-41(37(24-39(36)46(47,48)49)26-54-15-6-5-12-40(54)45(61)62)65-23-22-64-21-20-63-19-18-52-30-50(27-42(55)56)16-17-51(28-43(57)58)31-53(32-52)29-44(59)60/h2-4,7-11,13-14,24-25,40H,5-6,12,15-23,26-32H2,1H3,(H,55,56)(H,57,58)(H,59,60)(H,61,62)/b14-13+/t40-/m0/s1. The second kappa shape index (κ2) is 24.8. The summed E-state index contributed by atoms with van der Waals surface area (Å²) in [4.78, 5) is 55.0. The number of carboxylic acids is 4. The van der Waals surface area contributed by atoms with E-state index in [0.29, 0.717) is 32.4 Å². The van der Waals surface area contributed by atoms with Crippen molar-refractivity contribution in [2.75, 3.05) is 98.9 Å². The molecule has 2 aliphatic heterocycles. The van der Waals surface area contributed by atoms with E-state index in [9.17, 15) is 52.8 Å². The zero-order valence-corrected chi connectivity index (χ0v) is 36.5. The van der Waals surface area contributed by atoms with Crippen LogP contribution in [0.4, 0.5) is 13.2 Å². The van der Waals surface area contributed by atoms with Gasteiger partial charge < -0.3 is 34.6 Å². The smallest absolute Gasteiger partial charge is 0.417 e. The zero-order chi connectivity index (χ0) is 46.9. The number of likely N-dealkylation sites (tertiary alicyclic amines) is 1. The van der Waals surface area contributed by atoms with E-state index in [-0.39, 0.29) is 109 Å². The Balaban J connectivity index is 1.23. The monoisotopic (exact) mass is 913 g/mol. The quantitative estimate of drug-likeness (QED) is 0.0773. The molecule has 0 aromatic heterocycles. The first-order valence-corrected chi connectivity index (χ1v) is 21.4. The summed E-state index contributed by atoms with van der Waals surface area (Å²) in [5.41, 5.74) is 2.77. The molecule has 16 nitrogen and oxygen atoms in total. The van der Waals surface area contributed by atoms with E-state index in [1.54, 1.807) is 25.7 Å². The van der Waals surface area contributed by atoms with Crippen molar-refractivity contribution in [2.45, 2.75) is 44.9 Å². The lowest BCUT2D eigenvalue weighted by molar-refractivity contribution is -0.145. The van der Waals surface area contributed by atoms with Gasteiger partial charge in [-0.15, -0.1) is 0 Å². The number of halogens is 3. The van der Waals surface area contributed by atoms with Gasteiger partial charge in [-0.05, 0) is 66.3 Å². The highest BCUT2D eigenvalue weighted by atomic mass is 19.4. The van der Waals surface area contributed by atoms with Crippen molar-refractivity contribution >= 4 is 36.0 Å². The summed E-state index contributed by atoms with van der Waals surface area (Å²) >= 11 is 0. The van der Waals surface area contributed by atoms with Crippen LogP contribution in [0.1, 0.15) is 47.1 Å². The molecule has 0 aliphatic carbocycles. The number of nitrogens with zero attached hydrogens (tertiary/aromatic N) is 5. The molecule has 4 N–H and O–H groups in total. The van der Waals surface area contributed by atoms with Gasteiger partial charge in [0.1, 0.15) is 18.4 Å². The molecule has 2 saturated heterocycles. The molecule has 0 spiro atoms. The van der Waals surface area contributed by atoms with Gasteiger partial charge >= 0.3 is 30.1 Å². The summed E-state index contributed by atoms with van der Waals surface area (Å²) in [6.45, 7) is 2.79. The van der Waals surface area contributed by atoms with Crippen molar-refractivity contribution in [1.82, 2.24) is 24.5 Å². The number of aliphatic carboxylic acids is 4. The second-order valence-electron chi connectivity index (χ2n) is 16.1. The van der Waals surface area contributed by atoms with E-state index in [0.717, 1.165) is 28.3 Å². The number of alkyl halides is 3. The summed E-state index contributed by atoms with van der Waals surface area (Å²) in [5, 5.41) is 38.2. The Morgan fingerprint density at radius 3 is 1.94 bits per heavy atom. The van der Waals surface area contributed by atoms with Crippen LogP contribution in [-0.2, 0) is 41.4 Å². The second-order valence-corrected chi connectivity index (χ2v) is 16.1. The van der Waals surface area contributed by atoms with Crippen LogP contribution in [0, 0.1) is 6.92 Å². The Kier molecular flexibility index (Phi) is 19.3. The Morgan fingerprint density at radius 2 is 1.29 bits per heavy atom. The van der Waals surface area contributed by atoms with Gasteiger partial charge in [-0.25, -0.2) is 0 Å². The summed E-state index contributed by atoms with van der Waals surface area (Å²) in [6.07, 6.45) is 0.130. The lowest BCUT2D eigenvalue weighted by Crippen LogP contribution is -2.48. The fourth-order valence-corrected chi connectivity index (χ4v) is 8.07. The van der Waals surface area contributed by atoms with Crippen LogP contribution in [-0.4, -0.2) is 174 Å². The van der Waals surface area contributed by atoms with Crippen molar-refractivity contribution in [3.05, 3.63) is 88.5 Å². The highest BCUT2D eigenvalue weighted by Gasteiger charge is 2.35. The molecular formula is C46H58F3N5O11. The summed E-state index contributed by atoms with van der Waals surface area (Å²) < 4.78 is 61.9. The maximum atomic E-state index is 14.8. The predicted octanol–water partition coefficient (Wildman–Crippen LogP) is 5.05. The number of ether oxygens (including phenoxy) is 3. The minimum atomic E-state index is -4.73. The predicted molar refractivity (Wildman–Crippen MR) is 234 cm³/mol. The van der Waals surface area contributed by atoms with E-state index < -0.39 is 41.7 Å². The van der Waals surface area contributed by atoms with Gasteiger partial charge in [0, 0.05) is 31.7 Å². The average molecular weight is 914 g/mol. The van der Waals surface area contributed by atoms with Gasteiger partial charge in [0.25, 0.3) is 0 Å². The first kappa shape index (κ1) is 50.6. The first-order chi connectivity index (χ1) is 31.1. The van der Waals surface area contributed by atoms with Crippen LogP contribution >= 0.6 is 0 Å². The van der Waals surface area contributed by atoms with E-state index in [1.165, 1.54) is 12.1 Å². The molecule has 2 fully saturated rings. The van der Waals surface area contributed by atoms with Crippen LogP contribution in [0.25, 0.3) is 23.3 Å². The maximum Gasteiger partial charge on any atom is 0.417 e. The lowest BCUT2D eigenvalue weighted by Gasteiger charge is -2.33. The minimum Gasteiger partial charge on any atom is -0.491 e. The van der Waals surface area contributed by atoms with E-state index in [2.05, 4.69) is 0 Å². The van der Waals surface area contributed by atoms with Crippen molar-refractivity contribution in [3.8, 4) is 16.9 Å². The number of benzene rings is 3. The minimum absolute atomic E-state index is 0.0341. The summed E-state index contributed by atoms with van der Waals surface area (Å²) in [5.74, 6) is -4.12. The molecule has 3 aromatic rings. The Morgan fingerprint density at radius 1 is 0.692 bits per heavy atom. The fourth-order valence-electron chi connectivity index (χ4n) is 8.07. The van der Waals surface area contributed by atoms with Crippen LogP contribution in [0.2, 0.25) is 0 Å². The van der Waals surface area contributed by atoms with E-state index in [1.807, 2.05) is 60.4 Å². The van der Waals surface area contributed by atoms with Gasteiger partial charge in [-0.1, -0.05) is 67.1 Å². The molecule has 2 aliphatic rings. The zero-order valence-electron chi connectivity index (χ0n) is 36.5. The van der Waals surface area contributed by atoms with Crippen LogP contribution in [0.5, 0.6) is 5.75 Å². The molecule has 3 aromatic carbocycles. The van der Waals surface area contributed by atoms with Gasteiger partial charge in [0.2, 0.25) is 0 Å². The first-order valence-electron chi connectivity index (χ1n) is 21.4. The Labute approximate surface area is 376 Å². The number of carbonyl (C=O) groups is 4. The molecule has 0 radical (unpaired) electrons. The highest BCUT2D eigenvalue weighted by molar-refractivity contribution is 5.79. The van der Waals surface area contributed by atoms with Gasteiger partial charge in [-0.2, -0.15) is 13.2 Å². The summed E-state index contributed by atoms with van der Waals surface area (Å²) in [6, 6.07) is 16.9. The molecule has 1 atom stereocenters. The number of rotatable bonds is 22. The molecule has 2 heterocycles. The third-order valence-electron chi connectivity index (χ3n) is 11.1. The van der Waals surface area contributed by atoms with Crippen LogP contribution < -0.4 is 4.74 Å². The molecule has 0 amide bonds. The third-order valence-corrected chi connectivity index (χ3v) is 11.1. The lowest BCUT2D eigenvalue weighted by atomic mass is 9.95. The summed E-state index contributed by atoms with van der Waals surface area (Å²) in [7, 11) is 0. The van der Waals surface area contributed by atoms with E-state index in [4.69, 9.17) is 14.2 Å². The largest absolute Gasteiger partial charge is 0.491 e. The molecule has 354 valence electrons. The molecule has 0 saturated carbocycles. The molecule has 0 bridgehead atoms. The maximum absolute atomic E-state index is 14.8. The number of hydrogen-bond acceptors (Lipinski definition) is 12. The van der Waals surface area contributed by atoms with Crippen molar-refractivity contribution in [1.29, 1.82) is 0 Å². The number of hydrogen-bond donors (Lipinski definition) is 4. The molecular weight excluding hydrogens is 856 g/mol. The molecule has 65 heavy (non-hydrogen) atoms. The van der Waals surface area contributed by atoms with Gasteiger partial charge in [0.15, 0.2) is 0 Å². The Bertz CT molecular complexity index is 2090. The average Bonchev–Trinajstić information content (AvgIpc) is 3.31.